The number of nitrogens with two attached hydrogens (primary N) is 1. The molecule has 3 heteroatoms. The van der Waals surface area contributed by atoms with E-state index in [1.54, 1.807) is 0 Å². The molecule has 96 valence electrons. The van der Waals surface area contributed by atoms with E-state index in [0.717, 1.165) is 23.5 Å². The molecule has 0 aliphatic heterocycles. The lowest BCUT2D eigenvalue weighted by Crippen LogP contribution is -2.17. The van der Waals surface area contributed by atoms with Crippen molar-refractivity contribution in [2.24, 2.45) is 5.73 Å². The molecule has 3 nitrogen and oxygen atoms in total. The normalized spacial score (nSPS) is 12.7. The number of aromatic nitrogens is 2. The third-order valence-electron chi connectivity index (χ3n) is 3.15. The number of aryl methyl sites for hydroxylation is 4. The van der Waals surface area contributed by atoms with Gasteiger partial charge in [-0.2, -0.15) is 5.10 Å². The van der Waals surface area contributed by atoms with Gasteiger partial charge in [0.05, 0.1) is 17.4 Å². The van der Waals surface area contributed by atoms with Crippen LogP contribution in [0, 0.1) is 20.8 Å². The van der Waals surface area contributed by atoms with Crippen molar-refractivity contribution in [2.45, 2.75) is 40.3 Å². The van der Waals surface area contributed by atoms with Crippen molar-refractivity contribution in [1.29, 1.82) is 0 Å². The SMILES string of the molecule is CCn1nc(C)cc1C(N)c1cc(C)cc(C)c1. The summed E-state index contributed by atoms with van der Waals surface area (Å²) in [5.74, 6) is 0. The molecule has 0 fully saturated rings. The summed E-state index contributed by atoms with van der Waals surface area (Å²) in [6.07, 6.45) is 0. The number of rotatable bonds is 3. The second kappa shape index (κ2) is 4.94. The van der Waals surface area contributed by atoms with Gasteiger partial charge in [-0.1, -0.05) is 29.3 Å². The average molecular weight is 243 g/mol. The van der Waals surface area contributed by atoms with Gasteiger partial charge in [-0.25, -0.2) is 0 Å². The fraction of sp³-hybridized carbons (Fsp3) is 0.400. The van der Waals surface area contributed by atoms with E-state index in [0.29, 0.717) is 0 Å². The quantitative estimate of drug-likeness (QED) is 0.900. The highest BCUT2D eigenvalue weighted by molar-refractivity contribution is 5.35. The minimum absolute atomic E-state index is 0.107. The molecule has 2 N–H and O–H groups in total. The van der Waals surface area contributed by atoms with Crippen LogP contribution in [0.15, 0.2) is 24.3 Å². The maximum Gasteiger partial charge on any atom is 0.0723 e. The Balaban J connectivity index is 2.43. The smallest absolute Gasteiger partial charge is 0.0723 e. The van der Waals surface area contributed by atoms with E-state index in [1.807, 2.05) is 11.6 Å². The van der Waals surface area contributed by atoms with Gasteiger partial charge >= 0.3 is 0 Å². The monoisotopic (exact) mass is 243 g/mol. The zero-order chi connectivity index (χ0) is 13.3. The summed E-state index contributed by atoms with van der Waals surface area (Å²) in [5, 5.41) is 4.46. The van der Waals surface area contributed by atoms with Gasteiger partial charge in [0, 0.05) is 6.54 Å². The minimum atomic E-state index is -0.107. The molecular formula is C15H21N3. The van der Waals surface area contributed by atoms with Gasteiger partial charge in [-0.3, -0.25) is 4.68 Å². The standard InChI is InChI=1S/C15H21N3/c1-5-18-14(9-12(4)17-18)15(16)13-7-10(2)6-11(3)8-13/h6-9,15H,5,16H2,1-4H3. The van der Waals surface area contributed by atoms with Crippen molar-refractivity contribution in [2.75, 3.05) is 0 Å². The molecule has 0 radical (unpaired) electrons. The largest absolute Gasteiger partial charge is 0.319 e. The van der Waals surface area contributed by atoms with Crippen LogP contribution in [0.4, 0.5) is 0 Å². The van der Waals surface area contributed by atoms with Gasteiger partial charge in [-0.15, -0.1) is 0 Å². The van der Waals surface area contributed by atoms with Gasteiger partial charge < -0.3 is 5.73 Å². The van der Waals surface area contributed by atoms with Crippen LogP contribution < -0.4 is 5.73 Å². The van der Waals surface area contributed by atoms with Crippen LogP contribution in [0.3, 0.4) is 0 Å². The average Bonchev–Trinajstić information content (AvgIpc) is 2.68. The van der Waals surface area contributed by atoms with Gasteiger partial charge in [-0.05, 0) is 39.3 Å². The number of benzene rings is 1. The van der Waals surface area contributed by atoms with Gasteiger partial charge in [0.15, 0.2) is 0 Å². The summed E-state index contributed by atoms with van der Waals surface area (Å²) in [7, 11) is 0. The molecule has 18 heavy (non-hydrogen) atoms. The summed E-state index contributed by atoms with van der Waals surface area (Å²) < 4.78 is 1.98. The van der Waals surface area contributed by atoms with E-state index in [-0.39, 0.29) is 6.04 Å². The van der Waals surface area contributed by atoms with E-state index < -0.39 is 0 Å². The van der Waals surface area contributed by atoms with Crippen molar-refractivity contribution < 1.29 is 0 Å². The summed E-state index contributed by atoms with van der Waals surface area (Å²) in [5.41, 5.74) is 12.1. The number of hydrogen-bond donors (Lipinski definition) is 1. The first kappa shape index (κ1) is 12.8. The zero-order valence-electron chi connectivity index (χ0n) is 11.6. The molecule has 1 aromatic heterocycles. The van der Waals surface area contributed by atoms with E-state index in [4.69, 9.17) is 5.73 Å². The molecule has 0 saturated heterocycles. The molecule has 2 aromatic rings. The van der Waals surface area contributed by atoms with Crippen molar-refractivity contribution in [3.63, 3.8) is 0 Å². The first-order valence-electron chi connectivity index (χ1n) is 6.39. The molecule has 0 aliphatic carbocycles. The molecule has 2 rings (SSSR count). The molecule has 1 atom stereocenters. The van der Waals surface area contributed by atoms with Gasteiger partial charge in [0.25, 0.3) is 0 Å². The molecule has 0 bridgehead atoms. The molecule has 0 amide bonds. The summed E-state index contributed by atoms with van der Waals surface area (Å²) in [6.45, 7) is 9.15. The Kier molecular flexibility index (Phi) is 3.53. The topological polar surface area (TPSA) is 43.8 Å². The van der Waals surface area contributed by atoms with Crippen molar-refractivity contribution in [3.8, 4) is 0 Å². The molecule has 1 heterocycles. The van der Waals surface area contributed by atoms with Crippen LogP contribution in [0.1, 0.15) is 41.0 Å². The molecule has 0 saturated carbocycles. The molecule has 1 unspecified atom stereocenters. The number of hydrogen-bond acceptors (Lipinski definition) is 2. The first-order valence-corrected chi connectivity index (χ1v) is 6.39. The lowest BCUT2D eigenvalue weighted by molar-refractivity contribution is 0.597. The molecular weight excluding hydrogens is 222 g/mol. The lowest BCUT2D eigenvalue weighted by Gasteiger charge is -2.15. The van der Waals surface area contributed by atoms with Crippen molar-refractivity contribution in [3.05, 3.63) is 52.3 Å². The maximum absolute atomic E-state index is 6.38. The highest BCUT2D eigenvalue weighted by Crippen LogP contribution is 2.22. The van der Waals surface area contributed by atoms with Crippen LogP contribution in [0.2, 0.25) is 0 Å². The Bertz CT molecular complexity index is 535. The zero-order valence-corrected chi connectivity index (χ0v) is 11.6. The van der Waals surface area contributed by atoms with E-state index in [9.17, 15) is 0 Å². The summed E-state index contributed by atoms with van der Waals surface area (Å²) >= 11 is 0. The van der Waals surface area contributed by atoms with Crippen LogP contribution in [-0.2, 0) is 6.54 Å². The van der Waals surface area contributed by atoms with Crippen LogP contribution >= 0.6 is 0 Å². The summed E-state index contributed by atoms with van der Waals surface area (Å²) in [6, 6.07) is 8.44. The first-order chi connectivity index (χ1) is 8.51. The Morgan fingerprint density at radius 2 is 1.72 bits per heavy atom. The fourth-order valence-electron chi connectivity index (χ4n) is 2.43. The van der Waals surface area contributed by atoms with Crippen molar-refractivity contribution >= 4 is 0 Å². The molecule has 0 spiro atoms. The molecule has 0 aliphatic rings. The van der Waals surface area contributed by atoms with E-state index in [1.165, 1.54) is 11.1 Å². The highest BCUT2D eigenvalue weighted by Gasteiger charge is 2.15. The van der Waals surface area contributed by atoms with Crippen LogP contribution in [-0.4, -0.2) is 9.78 Å². The third-order valence-corrected chi connectivity index (χ3v) is 3.15. The number of nitrogens with zero attached hydrogens (tertiary/aromatic N) is 2. The third kappa shape index (κ3) is 2.46. The van der Waals surface area contributed by atoms with Crippen LogP contribution in [0.5, 0.6) is 0 Å². The van der Waals surface area contributed by atoms with Gasteiger partial charge in [0.2, 0.25) is 0 Å². The molecule has 1 aromatic carbocycles. The highest BCUT2D eigenvalue weighted by atomic mass is 15.3. The second-order valence-corrected chi connectivity index (χ2v) is 4.93. The fourth-order valence-corrected chi connectivity index (χ4v) is 2.43. The van der Waals surface area contributed by atoms with E-state index in [2.05, 4.69) is 50.1 Å². The van der Waals surface area contributed by atoms with E-state index >= 15 is 0 Å². The predicted octanol–water partition coefficient (Wildman–Crippen LogP) is 2.88. The second-order valence-electron chi connectivity index (χ2n) is 4.93. The van der Waals surface area contributed by atoms with Crippen molar-refractivity contribution in [1.82, 2.24) is 9.78 Å². The van der Waals surface area contributed by atoms with Crippen LogP contribution in [0.25, 0.3) is 0 Å². The maximum atomic E-state index is 6.38. The Morgan fingerprint density at radius 3 is 2.28 bits per heavy atom. The minimum Gasteiger partial charge on any atom is -0.319 e. The summed E-state index contributed by atoms with van der Waals surface area (Å²) in [4.78, 5) is 0. The Morgan fingerprint density at radius 1 is 1.11 bits per heavy atom. The predicted molar refractivity (Wildman–Crippen MR) is 74.6 cm³/mol. The lowest BCUT2D eigenvalue weighted by atomic mass is 9.99. The van der Waals surface area contributed by atoms with Gasteiger partial charge in [0.1, 0.15) is 0 Å². The Labute approximate surface area is 109 Å². The Hall–Kier alpha value is -1.61.